The SMILES string of the molecule is COc1ccc(C(=O)N[C@@H](C(=O)O)c2ccc(O)cc2)cc1. The van der Waals surface area contributed by atoms with Crippen LogP contribution in [-0.2, 0) is 4.79 Å². The zero-order valence-electron chi connectivity index (χ0n) is 11.8. The Morgan fingerprint density at radius 3 is 2.14 bits per heavy atom. The molecule has 0 aromatic heterocycles. The summed E-state index contributed by atoms with van der Waals surface area (Å²) in [6, 6.07) is 10.8. The molecule has 0 radical (unpaired) electrons. The Morgan fingerprint density at radius 2 is 1.64 bits per heavy atom. The van der Waals surface area contributed by atoms with Crippen molar-refractivity contribution in [1.29, 1.82) is 0 Å². The Hall–Kier alpha value is -3.02. The minimum absolute atomic E-state index is 0.0226. The fourth-order valence-corrected chi connectivity index (χ4v) is 1.91. The minimum Gasteiger partial charge on any atom is -0.508 e. The van der Waals surface area contributed by atoms with Gasteiger partial charge >= 0.3 is 5.97 Å². The lowest BCUT2D eigenvalue weighted by Crippen LogP contribution is -2.33. The third-order valence-electron chi connectivity index (χ3n) is 3.10. The van der Waals surface area contributed by atoms with Crippen LogP contribution in [0.5, 0.6) is 11.5 Å². The monoisotopic (exact) mass is 301 g/mol. The number of carbonyl (C=O) groups is 2. The molecule has 22 heavy (non-hydrogen) atoms. The van der Waals surface area contributed by atoms with E-state index in [9.17, 15) is 19.8 Å². The van der Waals surface area contributed by atoms with E-state index < -0.39 is 17.9 Å². The molecule has 2 rings (SSSR count). The number of rotatable bonds is 5. The van der Waals surface area contributed by atoms with Gasteiger partial charge in [-0.05, 0) is 42.0 Å². The maximum absolute atomic E-state index is 12.1. The van der Waals surface area contributed by atoms with Crippen LogP contribution in [-0.4, -0.2) is 29.2 Å². The van der Waals surface area contributed by atoms with Gasteiger partial charge in [-0.1, -0.05) is 12.1 Å². The number of ether oxygens (including phenoxy) is 1. The second-order valence-corrected chi connectivity index (χ2v) is 4.56. The van der Waals surface area contributed by atoms with E-state index in [0.29, 0.717) is 16.9 Å². The summed E-state index contributed by atoms with van der Waals surface area (Å²) in [5, 5.41) is 21.0. The van der Waals surface area contributed by atoms with Crippen molar-refractivity contribution in [3.05, 3.63) is 59.7 Å². The highest BCUT2D eigenvalue weighted by atomic mass is 16.5. The topological polar surface area (TPSA) is 95.9 Å². The molecule has 2 aromatic rings. The number of carboxylic acids is 1. The maximum atomic E-state index is 12.1. The molecule has 2 aromatic carbocycles. The van der Waals surface area contributed by atoms with Gasteiger partial charge in [0.2, 0.25) is 0 Å². The summed E-state index contributed by atoms with van der Waals surface area (Å²) in [7, 11) is 1.51. The first kappa shape index (κ1) is 15.4. The summed E-state index contributed by atoms with van der Waals surface area (Å²) < 4.78 is 5.00. The molecule has 1 atom stereocenters. The first-order valence-electron chi connectivity index (χ1n) is 6.48. The number of phenolic OH excluding ortho intramolecular Hbond substituents is 1. The number of aliphatic carboxylic acids is 1. The summed E-state index contributed by atoms with van der Waals surface area (Å²) >= 11 is 0. The van der Waals surface area contributed by atoms with Gasteiger partial charge in [0.05, 0.1) is 7.11 Å². The van der Waals surface area contributed by atoms with Crippen LogP contribution >= 0.6 is 0 Å². The van der Waals surface area contributed by atoms with Crippen molar-refractivity contribution in [1.82, 2.24) is 5.32 Å². The van der Waals surface area contributed by atoms with Gasteiger partial charge in [-0.15, -0.1) is 0 Å². The minimum atomic E-state index is -1.20. The van der Waals surface area contributed by atoms with Crippen LogP contribution in [0.1, 0.15) is 22.0 Å². The van der Waals surface area contributed by atoms with Gasteiger partial charge in [0.25, 0.3) is 5.91 Å². The van der Waals surface area contributed by atoms with Crippen LogP contribution < -0.4 is 10.1 Å². The smallest absolute Gasteiger partial charge is 0.330 e. The van der Waals surface area contributed by atoms with E-state index in [1.165, 1.54) is 31.4 Å². The number of hydrogen-bond donors (Lipinski definition) is 3. The first-order chi connectivity index (χ1) is 10.5. The van der Waals surface area contributed by atoms with Crippen molar-refractivity contribution in [2.75, 3.05) is 7.11 Å². The third kappa shape index (κ3) is 3.54. The predicted octanol–water partition coefficient (Wildman–Crippen LogP) is 1.96. The average Bonchev–Trinajstić information content (AvgIpc) is 2.53. The van der Waals surface area contributed by atoms with Crippen molar-refractivity contribution in [3.63, 3.8) is 0 Å². The molecule has 0 aliphatic carbocycles. The number of nitrogens with one attached hydrogen (secondary N) is 1. The van der Waals surface area contributed by atoms with E-state index in [2.05, 4.69) is 5.32 Å². The quantitative estimate of drug-likeness (QED) is 0.784. The molecule has 0 saturated heterocycles. The van der Waals surface area contributed by atoms with Crippen LogP contribution in [0, 0.1) is 0 Å². The lowest BCUT2D eigenvalue weighted by atomic mass is 10.1. The second-order valence-electron chi connectivity index (χ2n) is 4.56. The standard InChI is InChI=1S/C16H15NO5/c1-22-13-8-4-11(5-9-13)15(19)17-14(16(20)21)10-2-6-12(18)7-3-10/h2-9,14,18H,1H3,(H,17,19)(H,20,21)/t14-/m1/s1. The van der Waals surface area contributed by atoms with E-state index in [-0.39, 0.29) is 5.75 Å². The summed E-state index contributed by atoms with van der Waals surface area (Å²) in [5.41, 5.74) is 0.693. The lowest BCUT2D eigenvalue weighted by molar-refractivity contribution is -0.139. The van der Waals surface area contributed by atoms with Gasteiger partial charge in [-0.2, -0.15) is 0 Å². The maximum Gasteiger partial charge on any atom is 0.330 e. The zero-order chi connectivity index (χ0) is 16.1. The highest BCUT2D eigenvalue weighted by molar-refractivity contribution is 5.96. The van der Waals surface area contributed by atoms with Crippen LogP contribution in [0.2, 0.25) is 0 Å². The second kappa shape index (κ2) is 6.62. The van der Waals surface area contributed by atoms with Crippen LogP contribution in [0.25, 0.3) is 0 Å². The van der Waals surface area contributed by atoms with E-state index >= 15 is 0 Å². The van der Waals surface area contributed by atoms with E-state index in [1.807, 2.05) is 0 Å². The van der Waals surface area contributed by atoms with Crippen molar-refractivity contribution in [3.8, 4) is 11.5 Å². The van der Waals surface area contributed by atoms with E-state index in [4.69, 9.17) is 4.74 Å². The average molecular weight is 301 g/mol. The molecule has 0 spiro atoms. The number of amides is 1. The molecule has 3 N–H and O–H groups in total. The van der Waals surface area contributed by atoms with Crippen molar-refractivity contribution >= 4 is 11.9 Å². The number of phenols is 1. The van der Waals surface area contributed by atoms with E-state index in [0.717, 1.165) is 0 Å². The number of carbonyl (C=O) groups excluding carboxylic acids is 1. The summed E-state index contributed by atoms with van der Waals surface area (Å²) in [6.45, 7) is 0. The highest BCUT2D eigenvalue weighted by Crippen LogP contribution is 2.18. The molecule has 0 saturated carbocycles. The number of carboxylic acid groups (broad SMARTS) is 1. The number of methoxy groups -OCH3 is 1. The van der Waals surface area contributed by atoms with Gasteiger partial charge in [0, 0.05) is 5.56 Å². The van der Waals surface area contributed by atoms with Gasteiger partial charge in [0.1, 0.15) is 11.5 Å². The molecule has 0 heterocycles. The molecule has 6 nitrogen and oxygen atoms in total. The summed E-state index contributed by atoms with van der Waals surface area (Å²) in [4.78, 5) is 23.5. The molecular formula is C16H15NO5. The Bertz CT molecular complexity index is 664. The largest absolute Gasteiger partial charge is 0.508 e. The normalized spacial score (nSPS) is 11.5. The Morgan fingerprint density at radius 1 is 1.05 bits per heavy atom. The summed E-state index contributed by atoms with van der Waals surface area (Å²) in [5.74, 6) is -1.07. The molecule has 114 valence electrons. The third-order valence-corrected chi connectivity index (χ3v) is 3.10. The van der Waals surface area contributed by atoms with E-state index in [1.54, 1.807) is 24.3 Å². The molecule has 6 heteroatoms. The number of benzene rings is 2. The molecule has 0 aliphatic rings. The Labute approximate surface area is 127 Å². The first-order valence-corrected chi connectivity index (χ1v) is 6.48. The molecule has 0 bridgehead atoms. The molecule has 0 aliphatic heterocycles. The van der Waals surface area contributed by atoms with Gasteiger partial charge in [0.15, 0.2) is 6.04 Å². The van der Waals surface area contributed by atoms with Gasteiger partial charge in [-0.25, -0.2) is 4.79 Å². The van der Waals surface area contributed by atoms with Crippen molar-refractivity contribution in [2.24, 2.45) is 0 Å². The highest BCUT2D eigenvalue weighted by Gasteiger charge is 2.22. The predicted molar refractivity (Wildman–Crippen MR) is 78.9 cm³/mol. The fraction of sp³-hybridized carbons (Fsp3) is 0.125. The number of aromatic hydroxyl groups is 1. The van der Waals surface area contributed by atoms with Crippen LogP contribution in [0.4, 0.5) is 0 Å². The molecule has 0 fully saturated rings. The Balaban J connectivity index is 2.18. The molecular weight excluding hydrogens is 286 g/mol. The molecule has 1 amide bonds. The van der Waals surface area contributed by atoms with Gasteiger partial charge in [-0.3, -0.25) is 4.79 Å². The summed E-state index contributed by atoms with van der Waals surface area (Å²) in [6.07, 6.45) is 0. The van der Waals surface area contributed by atoms with Crippen molar-refractivity contribution < 1.29 is 24.5 Å². The van der Waals surface area contributed by atoms with Gasteiger partial charge < -0.3 is 20.3 Å². The molecule has 0 unspecified atom stereocenters. The van der Waals surface area contributed by atoms with Crippen LogP contribution in [0.15, 0.2) is 48.5 Å². The Kier molecular flexibility index (Phi) is 4.63. The van der Waals surface area contributed by atoms with Crippen molar-refractivity contribution in [2.45, 2.75) is 6.04 Å². The number of hydrogen-bond acceptors (Lipinski definition) is 4. The lowest BCUT2D eigenvalue weighted by Gasteiger charge is -2.15. The fourth-order valence-electron chi connectivity index (χ4n) is 1.91. The zero-order valence-corrected chi connectivity index (χ0v) is 11.8. The van der Waals surface area contributed by atoms with Crippen LogP contribution in [0.3, 0.4) is 0 Å².